The van der Waals surface area contributed by atoms with Gasteiger partial charge in [0.25, 0.3) is 0 Å². The second-order valence-corrected chi connectivity index (χ2v) is 9.13. The third-order valence-electron chi connectivity index (χ3n) is 6.83. The Labute approximate surface area is 185 Å². The van der Waals surface area contributed by atoms with Crippen molar-refractivity contribution in [2.24, 2.45) is 11.8 Å². The smallest absolute Gasteiger partial charge is 0.241 e. The molecule has 0 radical (unpaired) electrons. The van der Waals surface area contributed by atoms with Gasteiger partial charge in [-0.15, -0.1) is 0 Å². The fourth-order valence-electron chi connectivity index (χ4n) is 5.77. The number of hydrogen-bond donors (Lipinski definition) is 3. The highest BCUT2D eigenvalue weighted by Crippen LogP contribution is 2.66. The van der Waals surface area contributed by atoms with Crippen LogP contribution < -0.4 is 4.90 Å². The number of halogens is 1. The summed E-state index contributed by atoms with van der Waals surface area (Å²) in [6, 6.07) is 16.5. The fourth-order valence-corrected chi connectivity index (χ4v) is 6.03. The molecule has 7 rings (SSSR count). The average Bonchev–Trinajstić information content (AvgIpc) is 3.01. The lowest BCUT2D eigenvalue weighted by Gasteiger charge is -2.51. The zero-order chi connectivity index (χ0) is 21.7. The van der Waals surface area contributed by atoms with E-state index in [4.69, 9.17) is 0 Å². The minimum atomic E-state index is -2.03. The molecular formula is C24H16BrNO5. The predicted molar refractivity (Wildman–Crippen MR) is 115 cm³/mol. The van der Waals surface area contributed by atoms with E-state index in [0.29, 0.717) is 16.8 Å². The number of benzene rings is 3. The number of imide groups is 1. The lowest BCUT2D eigenvalue weighted by molar-refractivity contribution is -0.133. The summed E-state index contributed by atoms with van der Waals surface area (Å²) in [6.07, 6.45) is 0. The van der Waals surface area contributed by atoms with Crippen molar-refractivity contribution in [3.05, 3.63) is 87.4 Å². The molecule has 3 aromatic rings. The molecule has 1 aliphatic heterocycles. The van der Waals surface area contributed by atoms with Gasteiger partial charge in [-0.1, -0.05) is 40.2 Å². The van der Waals surface area contributed by atoms with Gasteiger partial charge in [0.2, 0.25) is 11.8 Å². The van der Waals surface area contributed by atoms with Gasteiger partial charge in [-0.05, 0) is 47.5 Å². The normalized spacial score (nSPS) is 27.8. The quantitative estimate of drug-likeness (QED) is 0.466. The van der Waals surface area contributed by atoms with Gasteiger partial charge in [0, 0.05) is 21.5 Å². The third-order valence-corrected chi connectivity index (χ3v) is 7.36. The molecule has 0 spiro atoms. The molecule has 0 saturated carbocycles. The highest BCUT2D eigenvalue weighted by atomic mass is 79.9. The maximum Gasteiger partial charge on any atom is 0.241 e. The van der Waals surface area contributed by atoms with Gasteiger partial charge in [0.1, 0.15) is 17.1 Å². The molecule has 3 N–H and O–H groups in total. The highest BCUT2D eigenvalue weighted by Gasteiger charge is 2.69. The van der Waals surface area contributed by atoms with Crippen molar-refractivity contribution in [2.75, 3.05) is 4.90 Å². The second kappa shape index (κ2) is 5.96. The number of hydrogen-bond acceptors (Lipinski definition) is 5. The van der Waals surface area contributed by atoms with Gasteiger partial charge in [-0.2, -0.15) is 0 Å². The van der Waals surface area contributed by atoms with E-state index in [-0.39, 0.29) is 22.6 Å². The van der Waals surface area contributed by atoms with Crippen molar-refractivity contribution >= 4 is 33.4 Å². The minimum Gasteiger partial charge on any atom is -0.508 e. The second-order valence-electron chi connectivity index (χ2n) is 8.22. The van der Waals surface area contributed by atoms with E-state index in [2.05, 4.69) is 15.9 Å². The molecule has 2 amide bonds. The molecule has 3 aromatic carbocycles. The number of anilines is 1. The monoisotopic (exact) mass is 477 g/mol. The Kier molecular flexibility index (Phi) is 3.57. The summed E-state index contributed by atoms with van der Waals surface area (Å²) in [4.78, 5) is 28.4. The Morgan fingerprint density at radius 1 is 0.806 bits per heavy atom. The highest BCUT2D eigenvalue weighted by molar-refractivity contribution is 9.10. The number of aromatic hydroxyl groups is 2. The number of amides is 2. The van der Waals surface area contributed by atoms with Crippen LogP contribution in [0.5, 0.6) is 11.5 Å². The Morgan fingerprint density at radius 2 is 1.35 bits per heavy atom. The van der Waals surface area contributed by atoms with Gasteiger partial charge in [-0.3, -0.25) is 9.59 Å². The summed E-state index contributed by atoms with van der Waals surface area (Å²) < 4.78 is 0.807. The van der Waals surface area contributed by atoms with E-state index in [0.717, 1.165) is 9.37 Å². The molecule has 6 nitrogen and oxygen atoms in total. The van der Waals surface area contributed by atoms with Crippen LogP contribution in [0.25, 0.3) is 0 Å². The van der Waals surface area contributed by atoms with Crippen LogP contribution in [0.1, 0.15) is 28.2 Å². The lowest BCUT2D eigenvalue weighted by Crippen LogP contribution is -2.53. The van der Waals surface area contributed by atoms with Crippen LogP contribution in [0.2, 0.25) is 0 Å². The Balaban J connectivity index is 1.65. The zero-order valence-electron chi connectivity index (χ0n) is 16.0. The minimum absolute atomic E-state index is 0.167. The number of nitrogens with zero attached hydrogens (tertiary/aromatic N) is 1. The van der Waals surface area contributed by atoms with Crippen LogP contribution in [0.15, 0.2) is 65.1 Å². The largest absolute Gasteiger partial charge is 0.508 e. The number of aliphatic hydroxyl groups is 1. The molecule has 2 bridgehead atoms. The van der Waals surface area contributed by atoms with Crippen molar-refractivity contribution in [3.8, 4) is 11.5 Å². The summed E-state index contributed by atoms with van der Waals surface area (Å²) in [6.45, 7) is 0. The standard InChI is InChI=1S/C24H16BrNO5/c25-11-7-9-12(10-8-11)26-22(29)18-17-13-3-1-5-15(27)19(13)24(31,21(18)23(26)30)20-14(17)4-2-6-16(20)28/h1-10,17-18,21,27-28,31H. The zero-order valence-corrected chi connectivity index (χ0v) is 17.6. The summed E-state index contributed by atoms with van der Waals surface area (Å²) >= 11 is 3.35. The van der Waals surface area contributed by atoms with E-state index in [1.807, 2.05) is 0 Å². The predicted octanol–water partition coefficient (Wildman–Crippen LogP) is 3.36. The van der Waals surface area contributed by atoms with Crippen molar-refractivity contribution in [1.82, 2.24) is 0 Å². The molecule has 0 aromatic heterocycles. The van der Waals surface area contributed by atoms with Gasteiger partial charge < -0.3 is 15.3 Å². The first-order valence-electron chi connectivity index (χ1n) is 9.86. The first-order chi connectivity index (χ1) is 14.9. The van der Waals surface area contributed by atoms with Crippen molar-refractivity contribution in [3.63, 3.8) is 0 Å². The summed E-state index contributed by atoms with van der Waals surface area (Å²) in [5.41, 5.74) is -0.0426. The van der Waals surface area contributed by atoms with Crippen LogP contribution in [0.3, 0.4) is 0 Å². The van der Waals surface area contributed by atoms with E-state index >= 15 is 0 Å². The van der Waals surface area contributed by atoms with E-state index in [9.17, 15) is 24.9 Å². The van der Waals surface area contributed by atoms with Crippen molar-refractivity contribution in [1.29, 1.82) is 0 Å². The van der Waals surface area contributed by atoms with Crippen molar-refractivity contribution < 1.29 is 24.9 Å². The molecule has 1 heterocycles. The molecular weight excluding hydrogens is 462 g/mol. The summed E-state index contributed by atoms with van der Waals surface area (Å²) in [5.74, 6) is -3.85. The molecule has 3 aliphatic carbocycles. The lowest BCUT2D eigenvalue weighted by atomic mass is 9.52. The van der Waals surface area contributed by atoms with E-state index in [1.54, 1.807) is 48.5 Å². The van der Waals surface area contributed by atoms with E-state index in [1.165, 1.54) is 12.1 Å². The SMILES string of the molecule is O=C1C2C3c4cccc(O)c4C(O)(c4c(O)cccc43)C2C(=O)N1c1ccc(Br)cc1. The van der Waals surface area contributed by atoms with Gasteiger partial charge in [0.15, 0.2) is 0 Å². The summed E-state index contributed by atoms with van der Waals surface area (Å²) in [5, 5.41) is 33.5. The molecule has 2 unspecified atom stereocenters. The maximum absolute atomic E-state index is 13.6. The van der Waals surface area contributed by atoms with Crippen molar-refractivity contribution in [2.45, 2.75) is 11.5 Å². The Bertz CT molecular complexity index is 1250. The number of carbonyl (C=O) groups excluding carboxylic acids is 2. The Hall–Kier alpha value is -3.16. The molecule has 31 heavy (non-hydrogen) atoms. The van der Waals surface area contributed by atoms with Crippen LogP contribution >= 0.6 is 15.9 Å². The molecule has 2 atom stereocenters. The molecule has 7 heteroatoms. The average molecular weight is 478 g/mol. The Morgan fingerprint density at radius 3 is 1.90 bits per heavy atom. The van der Waals surface area contributed by atoms with Gasteiger partial charge >= 0.3 is 0 Å². The number of phenols is 2. The molecule has 154 valence electrons. The molecule has 1 saturated heterocycles. The maximum atomic E-state index is 13.6. The van der Waals surface area contributed by atoms with Crippen LogP contribution in [0.4, 0.5) is 5.69 Å². The van der Waals surface area contributed by atoms with Gasteiger partial charge in [0.05, 0.1) is 17.5 Å². The fraction of sp³-hybridized carbons (Fsp3) is 0.167. The first-order valence-corrected chi connectivity index (χ1v) is 10.7. The number of rotatable bonds is 1. The molecule has 1 fully saturated rings. The topological polar surface area (TPSA) is 98.1 Å². The third kappa shape index (κ3) is 2.10. The van der Waals surface area contributed by atoms with Gasteiger partial charge in [-0.25, -0.2) is 4.90 Å². The van der Waals surface area contributed by atoms with Crippen LogP contribution in [-0.4, -0.2) is 27.1 Å². The van der Waals surface area contributed by atoms with E-state index < -0.39 is 35.2 Å². The number of carbonyl (C=O) groups is 2. The first kappa shape index (κ1) is 18.6. The van der Waals surface area contributed by atoms with Crippen LogP contribution in [-0.2, 0) is 15.2 Å². The summed E-state index contributed by atoms with van der Waals surface area (Å²) in [7, 11) is 0. The molecule has 4 aliphatic rings. The number of phenolic OH excluding ortho intramolecular Hbond substituents is 2. The van der Waals surface area contributed by atoms with Crippen LogP contribution in [0, 0.1) is 11.8 Å².